The van der Waals surface area contributed by atoms with Crippen LogP contribution in [0.1, 0.15) is 57.6 Å². The maximum absolute atomic E-state index is 12.7. The first-order valence-corrected chi connectivity index (χ1v) is 11.3. The molecule has 2 N–H and O–H groups in total. The first kappa shape index (κ1) is 20.1. The average molecular weight is 394 g/mol. The number of amides is 2. The van der Waals surface area contributed by atoms with Gasteiger partial charge in [0.1, 0.15) is 0 Å². The lowest BCUT2D eigenvalue weighted by Crippen LogP contribution is -2.50. The van der Waals surface area contributed by atoms with E-state index in [4.69, 9.17) is 0 Å². The first-order chi connectivity index (χ1) is 12.7. The molecular weight excluding hydrogens is 362 g/mol. The molecule has 0 aromatic heterocycles. The summed E-state index contributed by atoms with van der Waals surface area (Å²) < 4.78 is 26.6. The van der Waals surface area contributed by atoms with Crippen LogP contribution < -0.4 is 10.0 Å². The molecule has 150 valence electrons. The number of benzene rings is 1. The van der Waals surface area contributed by atoms with Gasteiger partial charge in [0.25, 0.3) is 0 Å². The number of piperidine rings is 1. The van der Waals surface area contributed by atoms with E-state index < -0.39 is 14.8 Å². The summed E-state index contributed by atoms with van der Waals surface area (Å²) in [5.41, 5.74) is 3.53. The van der Waals surface area contributed by atoms with Gasteiger partial charge in [0.05, 0.1) is 4.75 Å². The largest absolute Gasteiger partial charge is 0.324 e. The Morgan fingerprint density at radius 3 is 2.44 bits per heavy atom. The van der Waals surface area contributed by atoms with E-state index in [0.717, 1.165) is 18.5 Å². The molecule has 1 aromatic carbocycles. The molecule has 27 heavy (non-hydrogen) atoms. The van der Waals surface area contributed by atoms with Crippen molar-refractivity contribution in [3.8, 4) is 0 Å². The van der Waals surface area contributed by atoms with Gasteiger partial charge < -0.3 is 10.2 Å². The van der Waals surface area contributed by atoms with Crippen LogP contribution in [0.3, 0.4) is 0 Å². The Morgan fingerprint density at radius 2 is 1.78 bits per heavy atom. The average Bonchev–Trinajstić information content (AvgIpc) is 2.61. The number of carbonyl (C=O) groups is 1. The molecule has 2 aliphatic rings. The molecule has 0 unspecified atom stereocenters. The SMILES string of the molecule is CC(C)(C)S(=O)(=O)NC1CCN(C(=O)Nc2cccc3c2CCCC3)CC1. The Labute approximate surface area is 162 Å². The highest BCUT2D eigenvalue weighted by Gasteiger charge is 2.33. The van der Waals surface area contributed by atoms with Crippen molar-refractivity contribution in [2.24, 2.45) is 0 Å². The van der Waals surface area contributed by atoms with Crippen molar-refractivity contribution in [2.75, 3.05) is 18.4 Å². The number of fused-ring (bicyclic) bond motifs is 1. The third kappa shape index (κ3) is 4.63. The second-order valence-corrected chi connectivity index (χ2v) is 11.0. The van der Waals surface area contributed by atoms with E-state index >= 15 is 0 Å². The standard InChI is InChI=1S/C20H31N3O3S/c1-20(2,3)27(25,26)22-16-11-13-23(14-12-16)19(24)21-18-10-6-8-15-7-4-5-9-17(15)18/h6,8,10,16,22H,4-5,7,9,11-14H2,1-3H3,(H,21,24). The highest BCUT2D eigenvalue weighted by molar-refractivity contribution is 7.90. The van der Waals surface area contributed by atoms with Crippen molar-refractivity contribution in [1.29, 1.82) is 0 Å². The van der Waals surface area contributed by atoms with E-state index in [1.165, 1.54) is 24.0 Å². The minimum absolute atomic E-state index is 0.0916. The summed E-state index contributed by atoms with van der Waals surface area (Å²) in [7, 11) is -3.36. The molecule has 1 aromatic rings. The van der Waals surface area contributed by atoms with Gasteiger partial charge in [0.15, 0.2) is 0 Å². The van der Waals surface area contributed by atoms with Gasteiger partial charge in [0, 0.05) is 24.8 Å². The number of hydrogen-bond acceptors (Lipinski definition) is 3. The van der Waals surface area contributed by atoms with Crippen molar-refractivity contribution in [1.82, 2.24) is 9.62 Å². The molecule has 3 rings (SSSR count). The summed E-state index contributed by atoms with van der Waals surface area (Å²) in [5.74, 6) is 0. The second-order valence-electron chi connectivity index (χ2n) is 8.58. The third-order valence-corrected chi connectivity index (χ3v) is 7.80. The predicted octanol–water partition coefficient (Wildman–Crippen LogP) is 3.28. The minimum atomic E-state index is -3.36. The molecular formula is C20H31N3O3S. The van der Waals surface area contributed by atoms with E-state index in [1.807, 2.05) is 12.1 Å². The number of sulfonamides is 1. The van der Waals surface area contributed by atoms with Gasteiger partial charge in [-0.2, -0.15) is 0 Å². The van der Waals surface area contributed by atoms with E-state index in [2.05, 4.69) is 16.1 Å². The van der Waals surface area contributed by atoms with E-state index in [-0.39, 0.29) is 12.1 Å². The zero-order valence-corrected chi connectivity index (χ0v) is 17.4. The number of urea groups is 1. The van der Waals surface area contributed by atoms with Gasteiger partial charge >= 0.3 is 6.03 Å². The molecule has 2 amide bonds. The lowest BCUT2D eigenvalue weighted by atomic mass is 9.90. The van der Waals surface area contributed by atoms with Crippen LogP contribution in [0.5, 0.6) is 0 Å². The van der Waals surface area contributed by atoms with Crippen molar-refractivity contribution < 1.29 is 13.2 Å². The molecule has 7 heteroatoms. The monoisotopic (exact) mass is 393 g/mol. The van der Waals surface area contributed by atoms with E-state index in [0.29, 0.717) is 25.9 Å². The van der Waals surface area contributed by atoms with Crippen LogP contribution in [-0.2, 0) is 22.9 Å². The Balaban J connectivity index is 1.57. The molecule has 1 heterocycles. The Hall–Kier alpha value is -1.60. The van der Waals surface area contributed by atoms with Crippen LogP contribution in [-0.4, -0.2) is 43.2 Å². The quantitative estimate of drug-likeness (QED) is 0.827. The van der Waals surface area contributed by atoms with Crippen LogP contribution in [0.2, 0.25) is 0 Å². The van der Waals surface area contributed by atoms with Gasteiger partial charge in [-0.15, -0.1) is 0 Å². The normalized spacial score (nSPS) is 18.9. The fourth-order valence-corrected chi connectivity index (χ4v) is 4.72. The van der Waals surface area contributed by atoms with Crippen LogP contribution in [0.25, 0.3) is 0 Å². The molecule has 0 radical (unpaired) electrons. The predicted molar refractivity (Wildman–Crippen MR) is 109 cm³/mol. The zero-order chi connectivity index (χ0) is 19.7. The Kier molecular flexibility index (Phi) is 5.82. The van der Waals surface area contributed by atoms with Crippen molar-refractivity contribution in [2.45, 2.75) is 70.1 Å². The summed E-state index contributed by atoms with van der Waals surface area (Å²) in [5, 5.41) is 3.08. The third-order valence-electron chi connectivity index (χ3n) is 5.55. The van der Waals surface area contributed by atoms with Crippen molar-refractivity contribution >= 4 is 21.7 Å². The smallest absolute Gasteiger partial charge is 0.321 e. The number of nitrogens with zero attached hydrogens (tertiary/aromatic N) is 1. The summed E-state index contributed by atoms with van der Waals surface area (Å²) in [6.45, 7) is 6.19. The molecule has 0 spiro atoms. The maximum atomic E-state index is 12.7. The van der Waals surface area contributed by atoms with Crippen LogP contribution >= 0.6 is 0 Å². The van der Waals surface area contributed by atoms with Gasteiger partial charge in [-0.25, -0.2) is 17.9 Å². The lowest BCUT2D eigenvalue weighted by molar-refractivity contribution is 0.193. The number of nitrogens with one attached hydrogen (secondary N) is 2. The molecule has 0 saturated carbocycles. The van der Waals surface area contributed by atoms with Crippen LogP contribution in [0, 0.1) is 0 Å². The minimum Gasteiger partial charge on any atom is -0.324 e. The number of carbonyl (C=O) groups excluding carboxylic acids is 1. The van der Waals surface area contributed by atoms with E-state index in [9.17, 15) is 13.2 Å². The van der Waals surface area contributed by atoms with Crippen molar-refractivity contribution in [3.05, 3.63) is 29.3 Å². The molecule has 6 nitrogen and oxygen atoms in total. The molecule has 1 saturated heterocycles. The van der Waals surface area contributed by atoms with Crippen LogP contribution in [0.4, 0.5) is 10.5 Å². The summed E-state index contributed by atoms with van der Waals surface area (Å²) in [6, 6.07) is 5.94. The van der Waals surface area contributed by atoms with Gasteiger partial charge in [-0.1, -0.05) is 12.1 Å². The van der Waals surface area contributed by atoms with Gasteiger partial charge in [0.2, 0.25) is 10.0 Å². The number of aryl methyl sites for hydroxylation is 1. The molecule has 1 aliphatic heterocycles. The Bertz CT molecular complexity index is 791. The summed E-state index contributed by atoms with van der Waals surface area (Å²) in [6.07, 6.45) is 5.74. The fourth-order valence-electron chi connectivity index (χ4n) is 3.69. The lowest BCUT2D eigenvalue weighted by Gasteiger charge is -2.34. The highest BCUT2D eigenvalue weighted by atomic mass is 32.2. The second kappa shape index (κ2) is 7.80. The number of hydrogen-bond donors (Lipinski definition) is 2. The topological polar surface area (TPSA) is 78.5 Å². The summed E-state index contributed by atoms with van der Waals surface area (Å²) in [4.78, 5) is 14.5. The zero-order valence-electron chi connectivity index (χ0n) is 16.5. The van der Waals surface area contributed by atoms with Crippen LogP contribution in [0.15, 0.2) is 18.2 Å². The molecule has 1 fully saturated rings. The molecule has 1 aliphatic carbocycles. The summed E-state index contributed by atoms with van der Waals surface area (Å²) >= 11 is 0. The molecule has 0 atom stereocenters. The fraction of sp³-hybridized carbons (Fsp3) is 0.650. The van der Waals surface area contributed by atoms with Crippen molar-refractivity contribution in [3.63, 3.8) is 0 Å². The maximum Gasteiger partial charge on any atom is 0.321 e. The molecule has 0 bridgehead atoms. The van der Waals surface area contributed by atoms with Gasteiger partial charge in [-0.05, 0) is 76.5 Å². The first-order valence-electron chi connectivity index (χ1n) is 9.86. The highest BCUT2D eigenvalue weighted by Crippen LogP contribution is 2.28. The number of rotatable bonds is 3. The Morgan fingerprint density at radius 1 is 1.11 bits per heavy atom. The number of likely N-dealkylation sites (tertiary alicyclic amines) is 1. The number of anilines is 1. The van der Waals surface area contributed by atoms with E-state index in [1.54, 1.807) is 25.7 Å². The van der Waals surface area contributed by atoms with Gasteiger partial charge in [-0.3, -0.25) is 0 Å².